The van der Waals surface area contributed by atoms with Crippen LogP contribution in [0.25, 0.3) is 0 Å². The zero-order valence-electron chi connectivity index (χ0n) is 12.0. The van der Waals surface area contributed by atoms with Crippen molar-refractivity contribution >= 4 is 0 Å². The van der Waals surface area contributed by atoms with Crippen LogP contribution in [-0.4, -0.2) is 6.54 Å². The Morgan fingerprint density at radius 3 is 2.83 bits per heavy atom. The summed E-state index contributed by atoms with van der Waals surface area (Å²) in [6.45, 7) is 7.64. The summed E-state index contributed by atoms with van der Waals surface area (Å²) in [5.74, 6) is 2.79. The van der Waals surface area contributed by atoms with Gasteiger partial charge in [-0.05, 0) is 44.2 Å². The second kappa shape index (κ2) is 6.42. The summed E-state index contributed by atoms with van der Waals surface area (Å²) in [6.07, 6.45) is 8.71. The van der Waals surface area contributed by atoms with Crippen LogP contribution in [0.4, 0.5) is 0 Å². The van der Waals surface area contributed by atoms with Gasteiger partial charge in [-0.1, -0.05) is 33.1 Å². The minimum Gasteiger partial charge on any atom is -0.469 e. The van der Waals surface area contributed by atoms with Crippen LogP contribution >= 0.6 is 0 Å². The number of furan rings is 1. The van der Waals surface area contributed by atoms with Crippen LogP contribution in [0.15, 0.2) is 16.7 Å². The molecule has 1 aliphatic carbocycles. The normalized spacial score (nSPS) is 26.2. The average molecular weight is 249 g/mol. The Balaban J connectivity index is 2.12. The summed E-state index contributed by atoms with van der Waals surface area (Å²) in [5.41, 5.74) is 1.37. The monoisotopic (exact) mass is 249 g/mol. The fraction of sp³-hybridized carbons (Fsp3) is 0.750. The van der Waals surface area contributed by atoms with E-state index in [9.17, 15) is 0 Å². The van der Waals surface area contributed by atoms with Gasteiger partial charge < -0.3 is 9.73 Å². The van der Waals surface area contributed by atoms with Gasteiger partial charge in [0.15, 0.2) is 0 Å². The van der Waals surface area contributed by atoms with Gasteiger partial charge in [-0.25, -0.2) is 0 Å². The molecule has 2 nitrogen and oxygen atoms in total. The molecule has 1 aromatic rings. The number of hydrogen-bond donors (Lipinski definition) is 1. The highest BCUT2D eigenvalue weighted by atomic mass is 16.3. The number of nitrogens with one attached hydrogen (secondary N) is 1. The Hall–Kier alpha value is -0.760. The lowest BCUT2D eigenvalue weighted by Crippen LogP contribution is -2.31. The van der Waals surface area contributed by atoms with Gasteiger partial charge in [-0.3, -0.25) is 0 Å². The van der Waals surface area contributed by atoms with Gasteiger partial charge in [0.05, 0.1) is 6.26 Å². The highest BCUT2D eigenvalue weighted by Crippen LogP contribution is 2.39. The molecule has 0 saturated heterocycles. The first-order chi connectivity index (χ1) is 8.76. The Kier molecular flexibility index (Phi) is 4.87. The van der Waals surface area contributed by atoms with Crippen molar-refractivity contribution in [1.82, 2.24) is 5.32 Å². The van der Waals surface area contributed by atoms with Crippen LogP contribution in [0.1, 0.15) is 63.3 Å². The van der Waals surface area contributed by atoms with Gasteiger partial charge >= 0.3 is 0 Å². The molecular formula is C16H27NO. The number of rotatable bonds is 5. The molecule has 0 radical (unpaired) electrons. The molecule has 1 aliphatic rings. The minimum atomic E-state index is 0.489. The summed E-state index contributed by atoms with van der Waals surface area (Å²) >= 11 is 0. The van der Waals surface area contributed by atoms with Crippen LogP contribution in [0, 0.1) is 18.8 Å². The van der Waals surface area contributed by atoms with E-state index in [4.69, 9.17) is 4.42 Å². The molecule has 1 aromatic heterocycles. The summed E-state index contributed by atoms with van der Waals surface area (Å²) in [6, 6.07) is 2.64. The third-order valence-electron chi connectivity index (χ3n) is 4.53. The lowest BCUT2D eigenvalue weighted by Gasteiger charge is -2.34. The van der Waals surface area contributed by atoms with Gasteiger partial charge in [0.2, 0.25) is 0 Å². The fourth-order valence-electron chi connectivity index (χ4n) is 3.47. The highest BCUT2D eigenvalue weighted by Gasteiger charge is 2.29. The van der Waals surface area contributed by atoms with Gasteiger partial charge in [-0.15, -0.1) is 0 Å². The van der Waals surface area contributed by atoms with Gasteiger partial charge in [0.1, 0.15) is 5.76 Å². The number of aryl methyl sites for hydroxylation is 1. The Bertz CT molecular complexity index is 358. The topological polar surface area (TPSA) is 25.2 Å². The van der Waals surface area contributed by atoms with E-state index in [1.54, 1.807) is 0 Å². The molecule has 3 unspecified atom stereocenters. The van der Waals surface area contributed by atoms with Crippen molar-refractivity contribution in [1.29, 1.82) is 0 Å². The fourth-order valence-corrected chi connectivity index (χ4v) is 3.47. The molecule has 2 heteroatoms. The van der Waals surface area contributed by atoms with Crippen molar-refractivity contribution in [2.45, 2.75) is 58.9 Å². The van der Waals surface area contributed by atoms with Crippen molar-refractivity contribution in [3.05, 3.63) is 23.7 Å². The quantitative estimate of drug-likeness (QED) is 0.833. The molecule has 18 heavy (non-hydrogen) atoms. The van der Waals surface area contributed by atoms with Crippen molar-refractivity contribution in [3.8, 4) is 0 Å². The zero-order valence-corrected chi connectivity index (χ0v) is 12.0. The van der Waals surface area contributed by atoms with E-state index < -0.39 is 0 Å². The molecule has 0 aromatic carbocycles. The summed E-state index contributed by atoms with van der Waals surface area (Å²) in [7, 11) is 0. The molecule has 0 bridgehead atoms. The third-order valence-corrected chi connectivity index (χ3v) is 4.53. The van der Waals surface area contributed by atoms with Crippen molar-refractivity contribution in [2.24, 2.45) is 11.8 Å². The van der Waals surface area contributed by atoms with Crippen LogP contribution in [0.5, 0.6) is 0 Å². The zero-order chi connectivity index (χ0) is 13.0. The molecule has 2 rings (SSSR count). The molecule has 0 amide bonds. The first-order valence-electron chi connectivity index (χ1n) is 7.53. The number of hydrogen-bond acceptors (Lipinski definition) is 2. The first-order valence-corrected chi connectivity index (χ1v) is 7.53. The Labute approximate surface area is 111 Å². The van der Waals surface area contributed by atoms with Crippen molar-refractivity contribution in [2.75, 3.05) is 6.54 Å². The molecular weight excluding hydrogens is 222 g/mol. The average Bonchev–Trinajstić information content (AvgIpc) is 2.82. The molecule has 102 valence electrons. The van der Waals surface area contributed by atoms with E-state index in [1.165, 1.54) is 37.7 Å². The minimum absolute atomic E-state index is 0.489. The predicted octanol–water partition coefficient (Wildman–Crippen LogP) is 4.46. The largest absolute Gasteiger partial charge is 0.469 e. The summed E-state index contributed by atoms with van der Waals surface area (Å²) < 4.78 is 5.50. The van der Waals surface area contributed by atoms with Gasteiger partial charge in [0.25, 0.3) is 0 Å². The van der Waals surface area contributed by atoms with Gasteiger partial charge in [-0.2, -0.15) is 0 Å². The molecule has 0 spiro atoms. The van der Waals surface area contributed by atoms with Crippen molar-refractivity contribution < 1.29 is 4.42 Å². The lowest BCUT2D eigenvalue weighted by molar-refractivity contribution is 0.209. The lowest BCUT2D eigenvalue weighted by atomic mass is 9.75. The van der Waals surface area contributed by atoms with Crippen LogP contribution in [0.3, 0.4) is 0 Å². The maximum absolute atomic E-state index is 5.50. The Morgan fingerprint density at radius 1 is 1.39 bits per heavy atom. The van der Waals surface area contributed by atoms with Crippen LogP contribution in [-0.2, 0) is 0 Å². The standard InChI is InChI=1S/C16H27NO/c1-4-13-7-6-8-14(11-13)16(17-5-2)15-9-10-18-12(15)3/h9-10,13-14,16-17H,4-8,11H2,1-3H3. The van der Waals surface area contributed by atoms with Gasteiger partial charge in [0, 0.05) is 11.6 Å². The van der Waals surface area contributed by atoms with E-state index in [1.807, 2.05) is 6.26 Å². The summed E-state index contributed by atoms with van der Waals surface area (Å²) in [5, 5.41) is 3.68. The molecule has 0 aliphatic heterocycles. The van der Waals surface area contributed by atoms with E-state index in [2.05, 4.69) is 32.2 Å². The van der Waals surface area contributed by atoms with E-state index >= 15 is 0 Å². The maximum atomic E-state index is 5.50. The molecule has 1 heterocycles. The van der Waals surface area contributed by atoms with E-state index in [0.29, 0.717) is 6.04 Å². The van der Waals surface area contributed by atoms with Crippen LogP contribution in [0.2, 0.25) is 0 Å². The molecule has 1 N–H and O–H groups in total. The first kappa shape index (κ1) is 13.7. The molecule has 3 atom stereocenters. The van der Waals surface area contributed by atoms with Crippen molar-refractivity contribution in [3.63, 3.8) is 0 Å². The maximum Gasteiger partial charge on any atom is 0.105 e. The SMILES string of the molecule is CCNC(c1ccoc1C)C1CCCC(CC)C1. The Morgan fingerprint density at radius 2 is 2.22 bits per heavy atom. The predicted molar refractivity (Wildman–Crippen MR) is 75.6 cm³/mol. The highest BCUT2D eigenvalue weighted by molar-refractivity contribution is 5.21. The van der Waals surface area contributed by atoms with Crippen LogP contribution < -0.4 is 5.32 Å². The second-order valence-corrected chi connectivity index (χ2v) is 5.67. The third kappa shape index (κ3) is 2.97. The molecule has 1 fully saturated rings. The molecule has 1 saturated carbocycles. The smallest absolute Gasteiger partial charge is 0.105 e. The van der Waals surface area contributed by atoms with E-state index in [-0.39, 0.29) is 0 Å². The summed E-state index contributed by atoms with van der Waals surface area (Å²) in [4.78, 5) is 0. The van der Waals surface area contributed by atoms with E-state index in [0.717, 1.165) is 24.1 Å². The second-order valence-electron chi connectivity index (χ2n) is 5.67.